The van der Waals surface area contributed by atoms with Gasteiger partial charge >= 0.3 is 0 Å². The first-order valence-corrected chi connectivity index (χ1v) is 9.76. The average Bonchev–Trinajstić information content (AvgIpc) is 2.73. The minimum absolute atomic E-state index is 0.154. The molecule has 28 heavy (non-hydrogen) atoms. The van der Waals surface area contributed by atoms with E-state index in [1.54, 1.807) is 0 Å². The van der Waals surface area contributed by atoms with Gasteiger partial charge in [0.25, 0.3) is 0 Å². The molecule has 144 valence electrons. The van der Waals surface area contributed by atoms with Crippen molar-refractivity contribution in [2.45, 2.75) is 32.9 Å². The van der Waals surface area contributed by atoms with Gasteiger partial charge in [0.2, 0.25) is 5.91 Å². The average molecular weight is 373 g/mol. The molecule has 0 N–H and O–H groups in total. The third-order valence-electron chi connectivity index (χ3n) is 4.67. The Hall–Kier alpha value is -3.07. The van der Waals surface area contributed by atoms with Crippen molar-refractivity contribution >= 4 is 5.91 Å². The molecule has 0 unspecified atom stereocenters. The molecule has 0 saturated heterocycles. The zero-order valence-electron chi connectivity index (χ0n) is 16.4. The summed E-state index contributed by atoms with van der Waals surface area (Å²) in [5, 5.41) is 0. The van der Waals surface area contributed by atoms with E-state index in [0.29, 0.717) is 32.5 Å². The van der Waals surface area contributed by atoms with Crippen molar-refractivity contribution in [3.8, 4) is 5.75 Å². The van der Waals surface area contributed by atoms with Gasteiger partial charge in [0.15, 0.2) is 0 Å². The summed E-state index contributed by atoms with van der Waals surface area (Å²) in [6.07, 6.45) is 1.18. The van der Waals surface area contributed by atoms with Gasteiger partial charge in [-0.3, -0.25) is 4.79 Å². The fraction of sp³-hybridized carbons (Fsp3) is 0.240. The molecule has 0 aliphatic rings. The first-order chi connectivity index (χ1) is 13.7. The highest BCUT2D eigenvalue weighted by atomic mass is 16.5. The van der Waals surface area contributed by atoms with Crippen molar-refractivity contribution in [3.05, 3.63) is 102 Å². The van der Waals surface area contributed by atoms with Crippen molar-refractivity contribution in [2.75, 3.05) is 6.61 Å². The molecule has 0 radical (unpaired) electrons. The molecular formula is C25H27NO2. The lowest BCUT2D eigenvalue weighted by molar-refractivity contribution is -0.132. The zero-order valence-corrected chi connectivity index (χ0v) is 16.4. The Morgan fingerprint density at radius 3 is 1.89 bits per heavy atom. The second kappa shape index (κ2) is 10.3. The standard InChI is InChI=1S/C25H27NO2/c1-21-11-8-9-16-24(21)28-18-10-17-25(27)26(19-22-12-4-2-5-13-22)20-23-14-6-3-7-15-23/h2-9,11-16H,10,17-20H2,1H3. The summed E-state index contributed by atoms with van der Waals surface area (Å²) in [7, 11) is 0. The molecule has 0 bridgehead atoms. The molecule has 3 rings (SSSR count). The Kier molecular flexibility index (Phi) is 7.25. The lowest BCUT2D eigenvalue weighted by Crippen LogP contribution is -2.30. The third-order valence-corrected chi connectivity index (χ3v) is 4.67. The normalized spacial score (nSPS) is 10.5. The van der Waals surface area contributed by atoms with E-state index in [0.717, 1.165) is 22.4 Å². The summed E-state index contributed by atoms with van der Waals surface area (Å²) in [6, 6.07) is 28.2. The number of aryl methyl sites for hydroxylation is 1. The summed E-state index contributed by atoms with van der Waals surface area (Å²) in [5.41, 5.74) is 3.40. The topological polar surface area (TPSA) is 29.5 Å². The predicted molar refractivity (Wildman–Crippen MR) is 113 cm³/mol. The van der Waals surface area contributed by atoms with Gasteiger partial charge in [0.05, 0.1) is 6.61 Å². The van der Waals surface area contributed by atoms with Crippen LogP contribution in [0.4, 0.5) is 0 Å². The van der Waals surface area contributed by atoms with Crippen LogP contribution in [0.25, 0.3) is 0 Å². The van der Waals surface area contributed by atoms with E-state index < -0.39 is 0 Å². The molecule has 0 aliphatic heterocycles. The summed E-state index contributed by atoms with van der Waals surface area (Å²) in [5.74, 6) is 1.04. The Morgan fingerprint density at radius 1 is 0.786 bits per heavy atom. The maximum absolute atomic E-state index is 12.9. The first kappa shape index (κ1) is 19.7. The van der Waals surface area contributed by atoms with Gasteiger partial charge in [0, 0.05) is 19.5 Å². The smallest absolute Gasteiger partial charge is 0.223 e. The molecule has 0 aromatic heterocycles. The van der Waals surface area contributed by atoms with Crippen LogP contribution in [0.3, 0.4) is 0 Å². The number of para-hydroxylation sites is 1. The first-order valence-electron chi connectivity index (χ1n) is 9.76. The highest BCUT2D eigenvalue weighted by Gasteiger charge is 2.14. The number of carbonyl (C=O) groups is 1. The summed E-state index contributed by atoms with van der Waals surface area (Å²) >= 11 is 0. The number of carbonyl (C=O) groups excluding carboxylic acids is 1. The van der Waals surface area contributed by atoms with Crippen molar-refractivity contribution in [1.82, 2.24) is 4.90 Å². The van der Waals surface area contributed by atoms with Gasteiger partial charge in [-0.15, -0.1) is 0 Å². The van der Waals surface area contributed by atoms with Crippen LogP contribution >= 0.6 is 0 Å². The molecule has 3 aromatic carbocycles. The fourth-order valence-electron chi connectivity index (χ4n) is 3.12. The van der Waals surface area contributed by atoms with E-state index >= 15 is 0 Å². The van der Waals surface area contributed by atoms with Gasteiger partial charge in [-0.2, -0.15) is 0 Å². The predicted octanol–water partition coefficient (Wildman–Crippen LogP) is 5.38. The minimum atomic E-state index is 0.154. The maximum atomic E-state index is 12.9. The molecule has 3 heteroatoms. The van der Waals surface area contributed by atoms with Gasteiger partial charge in [-0.1, -0.05) is 78.9 Å². The fourth-order valence-corrected chi connectivity index (χ4v) is 3.12. The van der Waals surface area contributed by atoms with Crippen LogP contribution in [0, 0.1) is 6.92 Å². The monoisotopic (exact) mass is 373 g/mol. The van der Waals surface area contributed by atoms with Crippen LogP contribution in [0.15, 0.2) is 84.9 Å². The van der Waals surface area contributed by atoms with E-state index in [-0.39, 0.29) is 5.91 Å². The summed E-state index contributed by atoms with van der Waals surface area (Å²) in [4.78, 5) is 14.8. The Bertz CT molecular complexity index is 820. The number of hydrogen-bond acceptors (Lipinski definition) is 2. The van der Waals surface area contributed by atoms with Crippen LogP contribution in [-0.4, -0.2) is 17.4 Å². The summed E-state index contributed by atoms with van der Waals surface area (Å²) in [6.45, 7) is 3.81. The molecule has 1 amide bonds. The highest BCUT2D eigenvalue weighted by Crippen LogP contribution is 2.17. The summed E-state index contributed by atoms with van der Waals surface area (Å²) < 4.78 is 5.83. The molecule has 3 nitrogen and oxygen atoms in total. The van der Waals surface area contributed by atoms with E-state index in [2.05, 4.69) is 24.3 Å². The number of ether oxygens (including phenoxy) is 1. The second-order valence-electron chi connectivity index (χ2n) is 6.94. The van der Waals surface area contributed by atoms with E-state index in [1.807, 2.05) is 72.5 Å². The van der Waals surface area contributed by atoms with Gasteiger partial charge in [-0.25, -0.2) is 0 Å². The SMILES string of the molecule is Cc1ccccc1OCCCC(=O)N(Cc1ccccc1)Cc1ccccc1. The number of hydrogen-bond donors (Lipinski definition) is 0. The molecule has 0 heterocycles. The largest absolute Gasteiger partial charge is 0.493 e. The Labute approximate surface area is 167 Å². The van der Waals surface area contributed by atoms with Crippen molar-refractivity contribution in [1.29, 1.82) is 0 Å². The number of rotatable bonds is 9. The Morgan fingerprint density at radius 2 is 1.32 bits per heavy atom. The van der Waals surface area contributed by atoms with Gasteiger partial charge < -0.3 is 9.64 Å². The molecule has 0 atom stereocenters. The van der Waals surface area contributed by atoms with Crippen LogP contribution in [-0.2, 0) is 17.9 Å². The van der Waals surface area contributed by atoms with Crippen molar-refractivity contribution in [2.24, 2.45) is 0 Å². The number of nitrogens with zero attached hydrogens (tertiary/aromatic N) is 1. The lowest BCUT2D eigenvalue weighted by atomic mass is 10.1. The minimum Gasteiger partial charge on any atom is -0.493 e. The maximum Gasteiger partial charge on any atom is 0.223 e. The number of amides is 1. The molecule has 0 aliphatic carbocycles. The lowest BCUT2D eigenvalue weighted by Gasteiger charge is -2.23. The van der Waals surface area contributed by atoms with Crippen LogP contribution in [0.5, 0.6) is 5.75 Å². The van der Waals surface area contributed by atoms with E-state index in [9.17, 15) is 4.79 Å². The molecule has 3 aromatic rings. The van der Waals surface area contributed by atoms with Crippen molar-refractivity contribution < 1.29 is 9.53 Å². The molecule has 0 saturated carbocycles. The second-order valence-corrected chi connectivity index (χ2v) is 6.94. The van der Waals surface area contributed by atoms with Gasteiger partial charge in [-0.05, 0) is 36.1 Å². The third kappa shape index (κ3) is 5.98. The highest BCUT2D eigenvalue weighted by molar-refractivity contribution is 5.76. The molecule has 0 fully saturated rings. The molecular weight excluding hydrogens is 346 g/mol. The van der Waals surface area contributed by atoms with Crippen LogP contribution in [0.2, 0.25) is 0 Å². The Balaban J connectivity index is 1.57. The van der Waals surface area contributed by atoms with E-state index in [4.69, 9.17) is 4.74 Å². The van der Waals surface area contributed by atoms with Crippen LogP contribution < -0.4 is 4.74 Å². The van der Waals surface area contributed by atoms with Gasteiger partial charge in [0.1, 0.15) is 5.75 Å². The molecule has 0 spiro atoms. The van der Waals surface area contributed by atoms with E-state index in [1.165, 1.54) is 0 Å². The number of benzene rings is 3. The van der Waals surface area contributed by atoms with Crippen LogP contribution in [0.1, 0.15) is 29.5 Å². The van der Waals surface area contributed by atoms with Crippen molar-refractivity contribution in [3.63, 3.8) is 0 Å². The zero-order chi connectivity index (χ0) is 19.6. The quantitative estimate of drug-likeness (QED) is 0.471.